The predicted molar refractivity (Wildman–Crippen MR) is 52.4 cm³/mol. The van der Waals surface area contributed by atoms with Crippen molar-refractivity contribution < 1.29 is 4.79 Å². The zero-order valence-electron chi connectivity index (χ0n) is 8.36. The van der Waals surface area contributed by atoms with E-state index in [2.05, 4.69) is 10.2 Å². The highest BCUT2D eigenvalue weighted by Gasteiger charge is 2.27. The lowest BCUT2D eigenvalue weighted by molar-refractivity contribution is -0.137. The second-order valence-corrected chi connectivity index (χ2v) is 3.93. The Kier molecular flexibility index (Phi) is 2.52. The molecule has 0 radical (unpaired) electrons. The van der Waals surface area contributed by atoms with Crippen LogP contribution in [-0.2, 0) is 11.3 Å². The third-order valence-corrected chi connectivity index (χ3v) is 2.81. The molecular formula is C10H15N3O. The number of carbonyl (C=O) groups is 1. The minimum absolute atomic E-state index is 0.275. The van der Waals surface area contributed by atoms with E-state index in [1.807, 2.05) is 13.2 Å². The molecule has 1 heterocycles. The van der Waals surface area contributed by atoms with Gasteiger partial charge in [-0.2, -0.15) is 5.10 Å². The van der Waals surface area contributed by atoms with Crippen LogP contribution in [-0.4, -0.2) is 28.1 Å². The van der Waals surface area contributed by atoms with Crippen molar-refractivity contribution in [3.8, 4) is 0 Å². The molecule has 0 spiro atoms. The van der Waals surface area contributed by atoms with Crippen LogP contribution in [0.25, 0.3) is 0 Å². The molecule has 1 saturated carbocycles. The van der Waals surface area contributed by atoms with Crippen molar-refractivity contribution in [3.05, 3.63) is 18.0 Å². The molecule has 76 valence electrons. The molecule has 1 amide bonds. The van der Waals surface area contributed by atoms with Gasteiger partial charge in [0, 0.05) is 31.3 Å². The number of nitrogens with zero attached hydrogens (tertiary/aromatic N) is 2. The van der Waals surface area contributed by atoms with Crippen LogP contribution in [0.2, 0.25) is 0 Å². The maximum absolute atomic E-state index is 11.7. The van der Waals surface area contributed by atoms with Gasteiger partial charge in [0.2, 0.25) is 5.91 Å². The first-order valence-electron chi connectivity index (χ1n) is 5.00. The molecule has 0 aliphatic heterocycles. The maximum Gasteiger partial charge on any atom is 0.225 e. The van der Waals surface area contributed by atoms with Crippen molar-refractivity contribution in [1.29, 1.82) is 0 Å². The van der Waals surface area contributed by atoms with Crippen molar-refractivity contribution in [2.24, 2.45) is 5.92 Å². The average Bonchev–Trinajstić information content (AvgIpc) is 2.53. The van der Waals surface area contributed by atoms with Crippen molar-refractivity contribution in [2.45, 2.75) is 25.8 Å². The molecule has 1 N–H and O–H groups in total. The smallest absolute Gasteiger partial charge is 0.225 e. The van der Waals surface area contributed by atoms with E-state index in [0.29, 0.717) is 6.54 Å². The molecule has 0 saturated heterocycles. The summed E-state index contributed by atoms with van der Waals surface area (Å²) < 4.78 is 0. The lowest BCUT2D eigenvalue weighted by Gasteiger charge is -2.28. The number of amides is 1. The first-order chi connectivity index (χ1) is 6.77. The van der Waals surface area contributed by atoms with Crippen LogP contribution in [0.5, 0.6) is 0 Å². The van der Waals surface area contributed by atoms with E-state index in [0.717, 1.165) is 18.4 Å². The van der Waals surface area contributed by atoms with Crippen LogP contribution in [0.15, 0.2) is 12.4 Å². The Morgan fingerprint density at radius 1 is 1.71 bits per heavy atom. The van der Waals surface area contributed by atoms with Crippen molar-refractivity contribution >= 4 is 5.91 Å². The summed E-state index contributed by atoms with van der Waals surface area (Å²) in [5.74, 6) is 0.560. The number of rotatable bonds is 3. The van der Waals surface area contributed by atoms with Gasteiger partial charge in [-0.15, -0.1) is 0 Å². The van der Waals surface area contributed by atoms with Gasteiger partial charge in [-0.3, -0.25) is 9.89 Å². The highest BCUT2D eigenvalue weighted by molar-refractivity contribution is 5.79. The Bertz CT molecular complexity index is 303. The van der Waals surface area contributed by atoms with Crippen molar-refractivity contribution in [1.82, 2.24) is 15.1 Å². The number of nitrogens with one attached hydrogen (secondary N) is 1. The quantitative estimate of drug-likeness (QED) is 0.783. The molecule has 1 aliphatic carbocycles. The van der Waals surface area contributed by atoms with E-state index >= 15 is 0 Å². The third-order valence-electron chi connectivity index (χ3n) is 2.81. The first-order valence-corrected chi connectivity index (χ1v) is 5.00. The summed E-state index contributed by atoms with van der Waals surface area (Å²) in [6, 6.07) is 0. The zero-order chi connectivity index (χ0) is 9.97. The summed E-state index contributed by atoms with van der Waals surface area (Å²) in [4.78, 5) is 13.5. The van der Waals surface area contributed by atoms with Gasteiger partial charge in [0.05, 0.1) is 6.20 Å². The number of hydrogen-bond donors (Lipinski definition) is 1. The van der Waals surface area contributed by atoms with Crippen LogP contribution in [0.4, 0.5) is 0 Å². The molecule has 4 heteroatoms. The molecule has 1 fully saturated rings. The monoisotopic (exact) mass is 193 g/mol. The summed E-state index contributed by atoms with van der Waals surface area (Å²) in [7, 11) is 1.85. The van der Waals surface area contributed by atoms with Crippen LogP contribution < -0.4 is 0 Å². The fourth-order valence-corrected chi connectivity index (χ4v) is 1.68. The summed E-state index contributed by atoms with van der Waals surface area (Å²) >= 11 is 0. The number of aromatic amines is 1. The van der Waals surface area contributed by atoms with Crippen LogP contribution in [0.1, 0.15) is 24.8 Å². The fourth-order valence-electron chi connectivity index (χ4n) is 1.68. The second kappa shape index (κ2) is 3.82. The highest BCUT2D eigenvalue weighted by Crippen LogP contribution is 2.28. The minimum atomic E-state index is 0.275. The van der Waals surface area contributed by atoms with E-state index in [1.165, 1.54) is 6.42 Å². The Morgan fingerprint density at radius 2 is 2.50 bits per heavy atom. The van der Waals surface area contributed by atoms with Crippen molar-refractivity contribution in [3.63, 3.8) is 0 Å². The molecule has 0 atom stereocenters. The van der Waals surface area contributed by atoms with Crippen LogP contribution in [0, 0.1) is 5.92 Å². The number of H-pyrrole nitrogens is 1. The van der Waals surface area contributed by atoms with Gasteiger partial charge in [0.15, 0.2) is 0 Å². The molecular weight excluding hydrogens is 178 g/mol. The Labute approximate surface area is 83.3 Å². The lowest BCUT2D eigenvalue weighted by atomic mass is 9.84. The summed E-state index contributed by atoms with van der Waals surface area (Å²) in [6.07, 6.45) is 6.91. The van der Waals surface area contributed by atoms with Crippen molar-refractivity contribution in [2.75, 3.05) is 7.05 Å². The molecule has 14 heavy (non-hydrogen) atoms. The number of carbonyl (C=O) groups excluding carboxylic acids is 1. The van der Waals surface area contributed by atoms with Gasteiger partial charge in [-0.1, -0.05) is 6.42 Å². The summed E-state index contributed by atoms with van der Waals surface area (Å²) in [6.45, 7) is 0.659. The van der Waals surface area contributed by atoms with E-state index in [-0.39, 0.29) is 11.8 Å². The zero-order valence-corrected chi connectivity index (χ0v) is 8.36. The van der Waals surface area contributed by atoms with Gasteiger partial charge in [0.25, 0.3) is 0 Å². The van der Waals surface area contributed by atoms with Gasteiger partial charge in [-0.05, 0) is 12.8 Å². The van der Waals surface area contributed by atoms with E-state index in [9.17, 15) is 4.79 Å². The summed E-state index contributed by atoms with van der Waals surface area (Å²) in [5.41, 5.74) is 1.06. The number of aromatic nitrogens is 2. The SMILES string of the molecule is CN(Cc1cn[nH]c1)C(=O)C1CCC1. The van der Waals surface area contributed by atoms with Gasteiger partial charge in [0.1, 0.15) is 0 Å². The first kappa shape index (κ1) is 9.24. The molecule has 0 unspecified atom stereocenters. The normalized spacial score (nSPS) is 16.4. The van der Waals surface area contributed by atoms with Gasteiger partial charge in [-0.25, -0.2) is 0 Å². The fraction of sp³-hybridized carbons (Fsp3) is 0.600. The highest BCUT2D eigenvalue weighted by atomic mass is 16.2. The lowest BCUT2D eigenvalue weighted by Crippen LogP contribution is -2.35. The molecule has 0 bridgehead atoms. The van der Waals surface area contributed by atoms with Crippen LogP contribution >= 0.6 is 0 Å². The Hall–Kier alpha value is -1.32. The molecule has 1 aliphatic rings. The van der Waals surface area contributed by atoms with E-state index < -0.39 is 0 Å². The van der Waals surface area contributed by atoms with Gasteiger partial charge < -0.3 is 4.90 Å². The van der Waals surface area contributed by atoms with Crippen LogP contribution in [0.3, 0.4) is 0 Å². The van der Waals surface area contributed by atoms with Gasteiger partial charge >= 0.3 is 0 Å². The van der Waals surface area contributed by atoms with E-state index in [1.54, 1.807) is 11.1 Å². The Morgan fingerprint density at radius 3 is 3.00 bits per heavy atom. The standard InChI is InChI=1S/C10H15N3O/c1-13(7-8-5-11-12-6-8)10(14)9-3-2-4-9/h5-6,9H,2-4,7H2,1H3,(H,11,12). The largest absolute Gasteiger partial charge is 0.341 e. The summed E-state index contributed by atoms with van der Waals surface area (Å²) in [5, 5.41) is 6.59. The number of hydrogen-bond acceptors (Lipinski definition) is 2. The molecule has 1 aromatic rings. The molecule has 2 rings (SSSR count). The third kappa shape index (κ3) is 1.78. The predicted octanol–water partition coefficient (Wildman–Crippen LogP) is 1.17. The average molecular weight is 193 g/mol. The minimum Gasteiger partial charge on any atom is -0.341 e. The molecule has 1 aromatic heterocycles. The second-order valence-electron chi connectivity index (χ2n) is 3.93. The Balaban J connectivity index is 1.88. The maximum atomic E-state index is 11.7. The molecule has 0 aromatic carbocycles. The topological polar surface area (TPSA) is 49.0 Å². The van der Waals surface area contributed by atoms with E-state index in [4.69, 9.17) is 0 Å². The molecule has 4 nitrogen and oxygen atoms in total.